The number of benzene rings is 2. The van der Waals surface area contributed by atoms with Gasteiger partial charge in [0.2, 0.25) is 11.8 Å². The van der Waals surface area contributed by atoms with E-state index in [1.54, 1.807) is 18.2 Å². The molecule has 7 nitrogen and oxygen atoms in total. The highest BCUT2D eigenvalue weighted by atomic mass is 35.5. The molecular weight excluding hydrogens is 477 g/mol. The van der Waals surface area contributed by atoms with Crippen molar-refractivity contribution in [3.63, 3.8) is 0 Å². The number of hydrogen-bond acceptors (Lipinski definition) is 5. The zero-order chi connectivity index (χ0) is 24.0. The molecular formula is C25H23Cl2N3O4. The number of fused-ring (bicyclic) bond motifs is 1. The molecule has 9 heteroatoms. The smallest absolute Gasteiger partial charge is 0.262 e. The fraction of sp³-hybridized carbons (Fsp3) is 0.360. The molecule has 1 unspecified atom stereocenters. The maximum Gasteiger partial charge on any atom is 0.262 e. The lowest BCUT2D eigenvalue weighted by molar-refractivity contribution is -0.136. The highest BCUT2D eigenvalue weighted by Crippen LogP contribution is 2.37. The molecule has 3 heterocycles. The van der Waals surface area contributed by atoms with Gasteiger partial charge in [0.25, 0.3) is 11.8 Å². The number of nitrogens with zero attached hydrogens (tertiary/aromatic N) is 2. The molecule has 2 aromatic carbocycles. The summed E-state index contributed by atoms with van der Waals surface area (Å²) in [5, 5.41) is 3.42. The Kier molecular flexibility index (Phi) is 6.18. The van der Waals surface area contributed by atoms with Crippen LogP contribution in [0.25, 0.3) is 0 Å². The molecule has 1 atom stereocenters. The lowest BCUT2D eigenvalue weighted by Gasteiger charge is -2.32. The number of carbonyl (C=O) groups is 4. The number of hydrogen-bond donors (Lipinski definition) is 1. The predicted octanol–water partition coefficient (Wildman–Crippen LogP) is 3.77. The van der Waals surface area contributed by atoms with Gasteiger partial charge in [0.1, 0.15) is 6.04 Å². The van der Waals surface area contributed by atoms with Gasteiger partial charge in [-0.25, -0.2) is 0 Å². The third kappa shape index (κ3) is 4.13. The molecule has 176 valence electrons. The topological polar surface area (TPSA) is 86.8 Å². The summed E-state index contributed by atoms with van der Waals surface area (Å²) in [6, 6.07) is 10.1. The summed E-state index contributed by atoms with van der Waals surface area (Å²) in [5.74, 6) is -1.61. The summed E-state index contributed by atoms with van der Waals surface area (Å²) >= 11 is 12.6. The van der Waals surface area contributed by atoms with Crippen molar-refractivity contribution in [3.05, 3.63) is 68.7 Å². The van der Waals surface area contributed by atoms with Crippen LogP contribution in [0.1, 0.15) is 63.4 Å². The van der Waals surface area contributed by atoms with Gasteiger partial charge in [-0.2, -0.15) is 0 Å². The van der Waals surface area contributed by atoms with Crippen molar-refractivity contribution in [2.45, 2.75) is 44.2 Å². The predicted molar refractivity (Wildman–Crippen MR) is 127 cm³/mol. The van der Waals surface area contributed by atoms with Gasteiger partial charge in [0.15, 0.2) is 0 Å². The van der Waals surface area contributed by atoms with E-state index in [0.717, 1.165) is 42.0 Å². The second-order valence-corrected chi connectivity index (χ2v) is 9.81. The molecule has 5 rings (SSSR count). The van der Waals surface area contributed by atoms with Crippen LogP contribution in [0.15, 0.2) is 36.4 Å². The third-order valence-electron chi connectivity index (χ3n) is 6.92. The second-order valence-electron chi connectivity index (χ2n) is 9.02. The number of nitrogens with one attached hydrogen (secondary N) is 1. The minimum absolute atomic E-state index is 0.103. The van der Waals surface area contributed by atoms with Crippen molar-refractivity contribution in [2.75, 3.05) is 13.1 Å². The van der Waals surface area contributed by atoms with Crippen LogP contribution in [0.4, 0.5) is 0 Å². The van der Waals surface area contributed by atoms with Crippen molar-refractivity contribution in [1.29, 1.82) is 0 Å². The van der Waals surface area contributed by atoms with E-state index in [9.17, 15) is 19.2 Å². The van der Waals surface area contributed by atoms with E-state index in [-0.39, 0.29) is 18.7 Å². The molecule has 2 fully saturated rings. The van der Waals surface area contributed by atoms with E-state index in [4.69, 9.17) is 23.2 Å². The maximum atomic E-state index is 13.0. The molecule has 3 aliphatic heterocycles. The van der Waals surface area contributed by atoms with Crippen molar-refractivity contribution in [3.8, 4) is 0 Å². The van der Waals surface area contributed by atoms with Crippen LogP contribution < -0.4 is 5.32 Å². The zero-order valence-electron chi connectivity index (χ0n) is 18.4. The van der Waals surface area contributed by atoms with Gasteiger partial charge in [-0.05, 0) is 67.6 Å². The summed E-state index contributed by atoms with van der Waals surface area (Å²) in [6.07, 6.45) is 2.15. The van der Waals surface area contributed by atoms with Crippen molar-refractivity contribution in [1.82, 2.24) is 15.1 Å². The first-order valence-electron chi connectivity index (χ1n) is 11.3. The van der Waals surface area contributed by atoms with Crippen LogP contribution in [-0.4, -0.2) is 52.6 Å². The molecule has 0 saturated carbocycles. The highest BCUT2D eigenvalue weighted by Gasteiger charge is 2.44. The summed E-state index contributed by atoms with van der Waals surface area (Å²) in [7, 11) is 0. The molecule has 0 bridgehead atoms. The third-order valence-corrected chi connectivity index (χ3v) is 7.75. The van der Waals surface area contributed by atoms with Gasteiger partial charge in [-0.1, -0.05) is 41.4 Å². The van der Waals surface area contributed by atoms with E-state index >= 15 is 0 Å². The first kappa shape index (κ1) is 23.0. The van der Waals surface area contributed by atoms with Crippen LogP contribution in [0.3, 0.4) is 0 Å². The largest absolute Gasteiger partial charge is 0.299 e. The Morgan fingerprint density at radius 1 is 0.912 bits per heavy atom. The van der Waals surface area contributed by atoms with Crippen molar-refractivity contribution in [2.24, 2.45) is 0 Å². The Hall–Kier alpha value is -2.74. The molecule has 1 N–H and O–H groups in total. The lowest BCUT2D eigenvalue weighted by atomic mass is 9.89. The number of piperidine rings is 2. The SMILES string of the molecule is O=C1CCC(N2C(=O)c3ccc(CN4CCC(c5cccc(Cl)c5Cl)CC4)cc3C2=O)C(=O)N1. The van der Waals surface area contributed by atoms with E-state index in [2.05, 4.69) is 10.2 Å². The molecule has 0 radical (unpaired) electrons. The number of amides is 4. The fourth-order valence-electron chi connectivity index (χ4n) is 5.11. The number of imide groups is 2. The minimum Gasteiger partial charge on any atom is -0.299 e. The fourth-order valence-corrected chi connectivity index (χ4v) is 5.57. The molecule has 0 aliphatic carbocycles. The Bertz CT molecular complexity index is 1210. The first-order chi connectivity index (χ1) is 16.3. The lowest BCUT2D eigenvalue weighted by Crippen LogP contribution is -2.54. The summed E-state index contributed by atoms with van der Waals surface area (Å²) in [6.45, 7) is 2.41. The molecule has 4 amide bonds. The van der Waals surface area contributed by atoms with Crippen molar-refractivity contribution >= 4 is 46.8 Å². The molecule has 2 aromatic rings. The summed E-state index contributed by atoms with van der Waals surface area (Å²) in [5.41, 5.74) is 2.63. The maximum absolute atomic E-state index is 13.0. The quantitative estimate of drug-likeness (QED) is 0.646. The number of rotatable bonds is 4. The average Bonchev–Trinajstić information content (AvgIpc) is 3.06. The second kappa shape index (κ2) is 9.13. The van der Waals surface area contributed by atoms with Crippen LogP contribution in [0.5, 0.6) is 0 Å². The van der Waals surface area contributed by atoms with Crippen LogP contribution in [-0.2, 0) is 16.1 Å². The van der Waals surface area contributed by atoms with Gasteiger partial charge in [-0.15, -0.1) is 0 Å². The van der Waals surface area contributed by atoms with Crippen LogP contribution in [0, 0.1) is 0 Å². The van der Waals surface area contributed by atoms with Gasteiger partial charge in [0.05, 0.1) is 21.2 Å². The first-order valence-corrected chi connectivity index (χ1v) is 12.1. The Balaban J connectivity index is 1.26. The van der Waals surface area contributed by atoms with E-state index in [1.807, 2.05) is 18.2 Å². The summed E-state index contributed by atoms with van der Waals surface area (Å²) in [4.78, 5) is 52.9. The van der Waals surface area contributed by atoms with Gasteiger partial charge >= 0.3 is 0 Å². The van der Waals surface area contributed by atoms with Crippen LogP contribution in [0.2, 0.25) is 10.0 Å². The van der Waals surface area contributed by atoms with Gasteiger partial charge in [-0.3, -0.25) is 34.3 Å². The number of likely N-dealkylation sites (tertiary alicyclic amines) is 1. The van der Waals surface area contributed by atoms with E-state index < -0.39 is 23.8 Å². The molecule has 0 spiro atoms. The number of carbonyl (C=O) groups excluding carboxylic acids is 4. The number of halogens is 2. The monoisotopic (exact) mass is 499 g/mol. The Morgan fingerprint density at radius 3 is 2.38 bits per heavy atom. The normalized spacial score (nSPS) is 21.7. The van der Waals surface area contributed by atoms with Crippen molar-refractivity contribution < 1.29 is 19.2 Å². The van der Waals surface area contributed by atoms with E-state index in [0.29, 0.717) is 33.6 Å². The van der Waals surface area contributed by atoms with Gasteiger partial charge in [0, 0.05) is 13.0 Å². The molecule has 3 aliphatic rings. The van der Waals surface area contributed by atoms with Gasteiger partial charge < -0.3 is 0 Å². The molecule has 34 heavy (non-hydrogen) atoms. The minimum atomic E-state index is -0.953. The zero-order valence-corrected chi connectivity index (χ0v) is 19.9. The standard InChI is InChI=1S/C25H23Cl2N3O4/c26-19-3-1-2-16(22(19)27)15-8-10-29(11-9-15)13-14-4-5-17-18(12-14)25(34)30(24(17)33)20-6-7-21(31)28-23(20)32/h1-5,12,15,20H,6-11,13H2,(H,28,31,32). The van der Waals surface area contributed by atoms with E-state index in [1.165, 1.54) is 0 Å². The summed E-state index contributed by atoms with van der Waals surface area (Å²) < 4.78 is 0. The highest BCUT2D eigenvalue weighted by molar-refractivity contribution is 6.42. The molecule has 0 aromatic heterocycles. The average molecular weight is 500 g/mol. The Labute approximate surface area is 207 Å². The van der Waals surface area contributed by atoms with Crippen LogP contribution >= 0.6 is 23.2 Å². The Morgan fingerprint density at radius 2 is 1.65 bits per heavy atom. The molecule has 2 saturated heterocycles.